The van der Waals surface area contributed by atoms with Gasteiger partial charge in [0.25, 0.3) is 0 Å². The van der Waals surface area contributed by atoms with Gasteiger partial charge >= 0.3 is 5.97 Å². The Kier molecular flexibility index (Phi) is 4.63. The van der Waals surface area contributed by atoms with Gasteiger partial charge in [-0.05, 0) is 12.5 Å². The lowest BCUT2D eigenvalue weighted by Gasteiger charge is -2.14. The second-order valence-corrected chi connectivity index (χ2v) is 4.14. The summed E-state index contributed by atoms with van der Waals surface area (Å²) in [5.41, 5.74) is 0.685. The lowest BCUT2D eigenvalue weighted by atomic mass is 10.0. The zero-order valence-electron chi connectivity index (χ0n) is 9.99. The monoisotopic (exact) mass is 258 g/mol. The van der Waals surface area contributed by atoms with Crippen molar-refractivity contribution in [2.75, 3.05) is 14.2 Å². The van der Waals surface area contributed by atoms with Gasteiger partial charge in [0.2, 0.25) is 0 Å². The Morgan fingerprint density at radius 3 is 2.53 bits per heavy atom. The number of hydrogen-bond donors (Lipinski definition) is 1. The number of aliphatic carboxylic acids is 1. The second kappa shape index (κ2) is 5.77. The quantitative estimate of drug-likeness (QED) is 0.882. The summed E-state index contributed by atoms with van der Waals surface area (Å²) in [7, 11) is 3.05. The highest BCUT2D eigenvalue weighted by molar-refractivity contribution is 6.31. The Balaban J connectivity index is 3.09. The number of carbonyl (C=O) groups is 1. The minimum atomic E-state index is -0.862. The summed E-state index contributed by atoms with van der Waals surface area (Å²) in [5.74, 6) is -0.255. The van der Waals surface area contributed by atoms with Gasteiger partial charge in [0.05, 0.1) is 25.2 Å². The predicted molar refractivity (Wildman–Crippen MR) is 65.1 cm³/mol. The molecule has 0 aliphatic carbocycles. The Morgan fingerprint density at radius 2 is 2.06 bits per heavy atom. The maximum atomic E-state index is 10.8. The molecule has 1 aromatic rings. The van der Waals surface area contributed by atoms with Crippen LogP contribution in [0.3, 0.4) is 0 Å². The van der Waals surface area contributed by atoms with E-state index < -0.39 is 11.9 Å². The maximum Gasteiger partial charge on any atom is 0.306 e. The normalized spacial score (nSPS) is 12.0. The van der Waals surface area contributed by atoms with Gasteiger partial charge in [-0.25, -0.2) is 0 Å². The number of methoxy groups -OCH3 is 2. The van der Waals surface area contributed by atoms with E-state index in [9.17, 15) is 4.79 Å². The fourth-order valence-corrected chi connectivity index (χ4v) is 1.76. The molecule has 4 nitrogen and oxygen atoms in total. The number of rotatable bonds is 5. The van der Waals surface area contributed by atoms with Crippen molar-refractivity contribution in [2.45, 2.75) is 13.3 Å². The molecule has 1 atom stereocenters. The van der Waals surface area contributed by atoms with Gasteiger partial charge in [-0.2, -0.15) is 0 Å². The first-order valence-electron chi connectivity index (χ1n) is 5.12. The molecule has 0 spiro atoms. The molecule has 1 N–H and O–H groups in total. The Labute approximate surface area is 105 Å². The van der Waals surface area contributed by atoms with E-state index in [-0.39, 0.29) is 0 Å². The van der Waals surface area contributed by atoms with Gasteiger partial charge in [-0.1, -0.05) is 18.5 Å². The van der Waals surface area contributed by atoms with Gasteiger partial charge in [0.15, 0.2) is 0 Å². The van der Waals surface area contributed by atoms with Crippen LogP contribution in [0.2, 0.25) is 5.02 Å². The van der Waals surface area contributed by atoms with Gasteiger partial charge in [0.1, 0.15) is 11.5 Å². The van der Waals surface area contributed by atoms with Crippen molar-refractivity contribution in [3.63, 3.8) is 0 Å². The lowest BCUT2D eigenvalue weighted by molar-refractivity contribution is -0.141. The average molecular weight is 259 g/mol. The Hall–Kier alpha value is -1.42. The molecule has 0 saturated heterocycles. The van der Waals surface area contributed by atoms with Crippen molar-refractivity contribution in [1.82, 2.24) is 0 Å². The van der Waals surface area contributed by atoms with E-state index >= 15 is 0 Å². The van der Waals surface area contributed by atoms with Crippen LogP contribution < -0.4 is 9.47 Å². The molecule has 0 fully saturated rings. The van der Waals surface area contributed by atoms with E-state index in [1.165, 1.54) is 14.2 Å². The van der Waals surface area contributed by atoms with Crippen molar-refractivity contribution in [2.24, 2.45) is 5.92 Å². The van der Waals surface area contributed by atoms with E-state index in [2.05, 4.69) is 0 Å². The summed E-state index contributed by atoms with van der Waals surface area (Å²) in [4.78, 5) is 10.8. The van der Waals surface area contributed by atoms with E-state index in [1.807, 2.05) is 0 Å². The first-order valence-corrected chi connectivity index (χ1v) is 5.50. The van der Waals surface area contributed by atoms with Crippen molar-refractivity contribution in [3.05, 3.63) is 22.7 Å². The van der Waals surface area contributed by atoms with Crippen LogP contribution >= 0.6 is 11.6 Å². The number of carboxylic acids is 1. The molecular weight excluding hydrogens is 244 g/mol. The SMILES string of the molecule is COc1cc(Cl)c(CC(C)C(=O)O)c(OC)c1. The molecule has 5 heteroatoms. The molecule has 0 aromatic heterocycles. The fraction of sp³-hybridized carbons (Fsp3) is 0.417. The fourth-order valence-electron chi connectivity index (χ4n) is 1.48. The van der Waals surface area contributed by atoms with Crippen LogP contribution in [0.1, 0.15) is 12.5 Å². The Morgan fingerprint density at radius 1 is 1.41 bits per heavy atom. The number of ether oxygens (including phenoxy) is 2. The van der Waals surface area contributed by atoms with Gasteiger partial charge in [-0.3, -0.25) is 4.79 Å². The van der Waals surface area contributed by atoms with Gasteiger partial charge in [-0.15, -0.1) is 0 Å². The van der Waals surface area contributed by atoms with Crippen LogP contribution in [0.5, 0.6) is 11.5 Å². The molecule has 0 bridgehead atoms. The number of halogens is 1. The standard InChI is InChI=1S/C12H15ClO4/c1-7(12(14)15)4-9-10(13)5-8(16-2)6-11(9)17-3/h5-7H,4H2,1-3H3,(H,14,15). The minimum Gasteiger partial charge on any atom is -0.497 e. The molecule has 1 unspecified atom stereocenters. The third-order valence-electron chi connectivity index (χ3n) is 2.52. The van der Waals surface area contributed by atoms with Gasteiger partial charge in [0, 0.05) is 11.6 Å². The summed E-state index contributed by atoms with van der Waals surface area (Å²) < 4.78 is 10.3. The number of hydrogen-bond acceptors (Lipinski definition) is 3. The van der Waals surface area contributed by atoms with Crippen LogP contribution in [-0.2, 0) is 11.2 Å². The van der Waals surface area contributed by atoms with E-state index in [0.29, 0.717) is 28.5 Å². The zero-order chi connectivity index (χ0) is 13.0. The van der Waals surface area contributed by atoms with Crippen molar-refractivity contribution in [1.29, 1.82) is 0 Å². The van der Waals surface area contributed by atoms with E-state index in [4.69, 9.17) is 26.2 Å². The third-order valence-corrected chi connectivity index (χ3v) is 2.85. The summed E-state index contributed by atoms with van der Waals surface area (Å²) in [5, 5.41) is 9.34. The molecule has 0 aliphatic heterocycles. The van der Waals surface area contributed by atoms with Crippen LogP contribution in [-0.4, -0.2) is 25.3 Å². The number of benzene rings is 1. The smallest absolute Gasteiger partial charge is 0.306 e. The highest BCUT2D eigenvalue weighted by Gasteiger charge is 2.18. The molecule has 0 heterocycles. The van der Waals surface area contributed by atoms with E-state index in [1.54, 1.807) is 19.1 Å². The summed E-state index contributed by atoms with van der Waals surface area (Å²) in [6.07, 6.45) is 0.321. The molecule has 0 amide bonds. The topological polar surface area (TPSA) is 55.8 Å². The minimum absolute atomic E-state index is 0.321. The third kappa shape index (κ3) is 3.27. The van der Waals surface area contributed by atoms with Gasteiger partial charge < -0.3 is 14.6 Å². The largest absolute Gasteiger partial charge is 0.497 e. The highest BCUT2D eigenvalue weighted by Crippen LogP contribution is 2.33. The maximum absolute atomic E-state index is 10.8. The second-order valence-electron chi connectivity index (χ2n) is 3.73. The molecule has 0 radical (unpaired) electrons. The predicted octanol–water partition coefficient (Wildman–Crippen LogP) is 2.62. The molecule has 1 rings (SSSR count). The molecule has 1 aromatic carbocycles. The van der Waals surface area contributed by atoms with Crippen LogP contribution in [0.4, 0.5) is 0 Å². The molecule has 17 heavy (non-hydrogen) atoms. The molecular formula is C12H15ClO4. The Bertz CT molecular complexity index is 417. The molecule has 0 saturated carbocycles. The highest BCUT2D eigenvalue weighted by atomic mass is 35.5. The van der Waals surface area contributed by atoms with Crippen molar-refractivity contribution in [3.8, 4) is 11.5 Å². The summed E-state index contributed by atoms with van der Waals surface area (Å²) in [6, 6.07) is 3.34. The summed E-state index contributed by atoms with van der Waals surface area (Å²) >= 11 is 6.09. The average Bonchev–Trinajstić information content (AvgIpc) is 2.30. The van der Waals surface area contributed by atoms with Crippen molar-refractivity contribution >= 4 is 17.6 Å². The van der Waals surface area contributed by atoms with Crippen LogP contribution in [0.25, 0.3) is 0 Å². The zero-order valence-corrected chi connectivity index (χ0v) is 10.7. The first-order chi connectivity index (χ1) is 7.99. The van der Waals surface area contributed by atoms with Crippen LogP contribution in [0, 0.1) is 5.92 Å². The first kappa shape index (κ1) is 13.6. The molecule has 94 valence electrons. The summed E-state index contributed by atoms with van der Waals surface area (Å²) in [6.45, 7) is 1.63. The molecule has 0 aliphatic rings. The number of carboxylic acid groups (broad SMARTS) is 1. The van der Waals surface area contributed by atoms with E-state index in [0.717, 1.165) is 0 Å². The lowest BCUT2D eigenvalue weighted by Crippen LogP contribution is -2.13. The van der Waals surface area contributed by atoms with Crippen LogP contribution in [0.15, 0.2) is 12.1 Å². The van der Waals surface area contributed by atoms with Crippen molar-refractivity contribution < 1.29 is 19.4 Å².